The van der Waals surface area contributed by atoms with Gasteiger partial charge in [-0.3, -0.25) is 4.79 Å². The maximum absolute atomic E-state index is 11.9. The van der Waals surface area contributed by atoms with E-state index >= 15 is 0 Å². The zero-order valence-electron chi connectivity index (χ0n) is 10.8. The molecule has 1 aliphatic heterocycles. The van der Waals surface area contributed by atoms with Crippen molar-refractivity contribution in [3.05, 3.63) is 0 Å². The monoisotopic (exact) mass is 293 g/mol. The molecule has 1 fully saturated rings. The Morgan fingerprint density at radius 3 is 2.58 bits per heavy atom. The second-order valence-corrected chi connectivity index (χ2v) is 6.81. The van der Waals surface area contributed by atoms with Crippen LogP contribution in [0.15, 0.2) is 0 Å². The van der Waals surface area contributed by atoms with E-state index in [2.05, 4.69) is 5.32 Å². The minimum atomic E-state index is -3.59. The van der Waals surface area contributed by atoms with Crippen molar-refractivity contribution in [2.24, 2.45) is 0 Å². The number of ether oxygens (including phenoxy) is 1. The van der Waals surface area contributed by atoms with E-state index in [9.17, 15) is 18.0 Å². The molecule has 2 atom stereocenters. The van der Waals surface area contributed by atoms with Crippen molar-refractivity contribution in [2.75, 3.05) is 18.1 Å². The molecule has 0 radical (unpaired) electrons. The summed E-state index contributed by atoms with van der Waals surface area (Å²) >= 11 is 0. The standard InChI is InChI=1S/C11H19NO6S/c1-8(13)12-10(11(14)15)7-19(16,17)6-9-4-2-3-5-18-9/h9-10H,2-7H2,1H3,(H,12,13)(H,14,15). The predicted molar refractivity (Wildman–Crippen MR) is 67.5 cm³/mol. The van der Waals surface area contributed by atoms with E-state index < -0.39 is 33.5 Å². The van der Waals surface area contributed by atoms with Gasteiger partial charge in [-0.25, -0.2) is 13.2 Å². The van der Waals surface area contributed by atoms with Gasteiger partial charge in [0.1, 0.15) is 6.04 Å². The Labute approximate surface area is 112 Å². The van der Waals surface area contributed by atoms with Gasteiger partial charge < -0.3 is 15.2 Å². The Balaban J connectivity index is 2.59. The van der Waals surface area contributed by atoms with Gasteiger partial charge in [0.25, 0.3) is 0 Å². The Kier molecular flexibility index (Phi) is 5.74. The van der Waals surface area contributed by atoms with E-state index in [4.69, 9.17) is 9.84 Å². The molecule has 2 N–H and O–H groups in total. The van der Waals surface area contributed by atoms with Crippen LogP contribution >= 0.6 is 0 Å². The van der Waals surface area contributed by atoms with Crippen LogP contribution in [0.25, 0.3) is 0 Å². The third-order valence-electron chi connectivity index (χ3n) is 2.81. The summed E-state index contributed by atoms with van der Waals surface area (Å²) in [5.74, 6) is -2.74. The van der Waals surface area contributed by atoms with E-state index in [1.54, 1.807) is 0 Å². The summed E-state index contributed by atoms with van der Waals surface area (Å²) in [6, 6.07) is -1.41. The molecule has 0 aromatic carbocycles. The number of carbonyl (C=O) groups is 2. The van der Waals surface area contributed by atoms with Gasteiger partial charge in [-0.15, -0.1) is 0 Å². The summed E-state index contributed by atoms with van der Waals surface area (Å²) in [7, 11) is -3.59. The molecule has 0 saturated carbocycles. The molecular weight excluding hydrogens is 274 g/mol. The predicted octanol–water partition coefficient (Wildman–Crippen LogP) is -0.440. The molecule has 0 aliphatic carbocycles. The van der Waals surface area contributed by atoms with Gasteiger partial charge in [-0.2, -0.15) is 0 Å². The zero-order chi connectivity index (χ0) is 14.5. The van der Waals surface area contributed by atoms with Crippen molar-refractivity contribution in [3.8, 4) is 0 Å². The van der Waals surface area contributed by atoms with E-state index in [-0.39, 0.29) is 11.9 Å². The molecule has 0 aromatic rings. The van der Waals surface area contributed by atoms with Gasteiger partial charge in [0.15, 0.2) is 9.84 Å². The van der Waals surface area contributed by atoms with Crippen LogP contribution < -0.4 is 5.32 Å². The van der Waals surface area contributed by atoms with Crippen LogP contribution in [0.1, 0.15) is 26.2 Å². The van der Waals surface area contributed by atoms with E-state index in [0.29, 0.717) is 13.0 Å². The molecule has 1 aliphatic rings. The fraction of sp³-hybridized carbons (Fsp3) is 0.818. The molecule has 1 amide bonds. The summed E-state index contributed by atoms with van der Waals surface area (Å²) in [5.41, 5.74) is 0. The summed E-state index contributed by atoms with van der Waals surface area (Å²) in [4.78, 5) is 21.7. The van der Waals surface area contributed by atoms with E-state index in [1.165, 1.54) is 0 Å². The minimum absolute atomic E-state index is 0.198. The summed E-state index contributed by atoms with van der Waals surface area (Å²) in [6.07, 6.45) is 2.12. The molecule has 1 rings (SSSR count). The van der Waals surface area contributed by atoms with Gasteiger partial charge in [-0.05, 0) is 19.3 Å². The van der Waals surface area contributed by atoms with Gasteiger partial charge >= 0.3 is 5.97 Å². The molecule has 110 valence electrons. The average molecular weight is 293 g/mol. The highest BCUT2D eigenvalue weighted by Crippen LogP contribution is 2.15. The van der Waals surface area contributed by atoms with Gasteiger partial charge in [0.2, 0.25) is 5.91 Å². The van der Waals surface area contributed by atoms with E-state index in [0.717, 1.165) is 19.8 Å². The van der Waals surface area contributed by atoms with E-state index in [1.807, 2.05) is 0 Å². The lowest BCUT2D eigenvalue weighted by molar-refractivity contribution is -0.140. The molecule has 0 bridgehead atoms. The first-order chi connectivity index (χ1) is 8.80. The number of sulfone groups is 1. The smallest absolute Gasteiger partial charge is 0.327 e. The Hall–Kier alpha value is -1.15. The molecule has 0 spiro atoms. The first-order valence-corrected chi connectivity index (χ1v) is 7.94. The van der Waals surface area contributed by atoms with Gasteiger partial charge in [0.05, 0.1) is 17.6 Å². The van der Waals surface area contributed by atoms with Crippen LogP contribution in [0.3, 0.4) is 0 Å². The van der Waals surface area contributed by atoms with Crippen molar-refractivity contribution in [3.63, 3.8) is 0 Å². The summed E-state index contributed by atoms with van der Waals surface area (Å²) in [5, 5.41) is 11.0. The fourth-order valence-corrected chi connectivity index (χ4v) is 3.66. The minimum Gasteiger partial charge on any atom is -0.480 e. The molecule has 7 nitrogen and oxygen atoms in total. The lowest BCUT2D eigenvalue weighted by Gasteiger charge is -2.23. The Bertz CT molecular complexity index is 426. The highest BCUT2D eigenvalue weighted by molar-refractivity contribution is 7.91. The summed E-state index contributed by atoms with van der Waals surface area (Å²) < 4.78 is 29.1. The number of hydrogen-bond donors (Lipinski definition) is 2. The first kappa shape index (κ1) is 15.9. The van der Waals surface area contributed by atoms with Crippen molar-refractivity contribution >= 4 is 21.7 Å². The Morgan fingerprint density at radius 2 is 2.11 bits per heavy atom. The van der Waals surface area contributed by atoms with Crippen LogP contribution in [-0.2, 0) is 24.2 Å². The highest BCUT2D eigenvalue weighted by atomic mass is 32.2. The second kappa shape index (κ2) is 6.85. The van der Waals surface area contributed by atoms with Crippen molar-refractivity contribution in [1.29, 1.82) is 0 Å². The SMILES string of the molecule is CC(=O)NC(CS(=O)(=O)CC1CCCCO1)C(=O)O. The molecule has 1 heterocycles. The lowest BCUT2D eigenvalue weighted by atomic mass is 10.1. The van der Waals surface area contributed by atoms with Gasteiger partial charge in [-0.1, -0.05) is 0 Å². The normalized spacial score (nSPS) is 21.6. The maximum atomic E-state index is 11.9. The topological polar surface area (TPSA) is 110 Å². The molecule has 8 heteroatoms. The van der Waals surface area contributed by atoms with Crippen molar-refractivity contribution in [1.82, 2.24) is 5.32 Å². The molecule has 2 unspecified atom stereocenters. The van der Waals surface area contributed by atoms with Crippen LogP contribution in [-0.4, -0.2) is 55.7 Å². The molecule has 19 heavy (non-hydrogen) atoms. The number of rotatable bonds is 6. The zero-order valence-corrected chi connectivity index (χ0v) is 11.6. The van der Waals surface area contributed by atoms with Crippen LogP contribution in [0.4, 0.5) is 0 Å². The third kappa shape index (κ3) is 6.02. The lowest BCUT2D eigenvalue weighted by Crippen LogP contribution is -2.45. The van der Waals surface area contributed by atoms with Crippen molar-refractivity contribution < 1.29 is 27.9 Å². The molecule has 1 saturated heterocycles. The quantitative estimate of drug-likeness (QED) is 0.687. The number of nitrogens with one attached hydrogen (secondary N) is 1. The maximum Gasteiger partial charge on any atom is 0.327 e. The van der Waals surface area contributed by atoms with Crippen LogP contribution in [0, 0.1) is 0 Å². The number of amides is 1. The average Bonchev–Trinajstić information content (AvgIpc) is 2.27. The molecular formula is C11H19NO6S. The Morgan fingerprint density at radius 1 is 1.42 bits per heavy atom. The second-order valence-electron chi connectivity index (χ2n) is 4.66. The molecule has 0 aromatic heterocycles. The number of carboxylic acids is 1. The van der Waals surface area contributed by atoms with Crippen LogP contribution in [0.5, 0.6) is 0 Å². The van der Waals surface area contributed by atoms with Crippen molar-refractivity contribution in [2.45, 2.75) is 38.3 Å². The summed E-state index contributed by atoms with van der Waals surface area (Å²) in [6.45, 7) is 1.68. The number of carbonyl (C=O) groups excluding carboxylic acids is 1. The number of carboxylic acid groups (broad SMARTS) is 1. The largest absolute Gasteiger partial charge is 0.480 e. The van der Waals surface area contributed by atoms with Crippen LogP contribution in [0.2, 0.25) is 0 Å². The highest BCUT2D eigenvalue weighted by Gasteiger charge is 2.29. The fourth-order valence-electron chi connectivity index (χ4n) is 1.96. The van der Waals surface area contributed by atoms with Gasteiger partial charge in [0, 0.05) is 13.5 Å². The number of aliphatic carboxylic acids is 1. The number of hydrogen-bond acceptors (Lipinski definition) is 5. The first-order valence-electron chi connectivity index (χ1n) is 6.12. The third-order valence-corrected chi connectivity index (χ3v) is 4.53.